The second kappa shape index (κ2) is 11.5. The number of hydrogen-bond donors (Lipinski definition) is 1. The Morgan fingerprint density at radius 3 is 2.56 bits per heavy atom. The monoisotopic (exact) mass is 513 g/mol. The Hall–Kier alpha value is -2.33. The highest BCUT2D eigenvalue weighted by Crippen LogP contribution is 2.41. The molecule has 1 heterocycles. The molecule has 1 aromatic heterocycles. The summed E-state index contributed by atoms with van der Waals surface area (Å²) in [5, 5.41) is 15.3. The number of Topliss-reactive ketones (excluding diaryl/α,β-unsaturated/α-hetero) is 1. The maximum atomic E-state index is 12.8. The van der Waals surface area contributed by atoms with Gasteiger partial charge in [0, 0.05) is 0 Å². The lowest BCUT2D eigenvalue weighted by Gasteiger charge is -2.16. The minimum Gasteiger partial charge on any atom is -0.445 e. The van der Waals surface area contributed by atoms with E-state index in [1.165, 1.54) is 4.68 Å². The first-order chi connectivity index (χ1) is 15.4. The predicted molar refractivity (Wildman–Crippen MR) is 122 cm³/mol. The number of halogens is 3. The molecule has 1 N–H and O–H groups in total. The Kier molecular flexibility index (Phi) is 8.75. The molecule has 12 heteroatoms. The van der Waals surface area contributed by atoms with Gasteiger partial charge in [0.15, 0.2) is 5.78 Å². The summed E-state index contributed by atoms with van der Waals surface area (Å²) < 4.78 is 6.50. The summed E-state index contributed by atoms with van der Waals surface area (Å²) in [6, 6.07) is 11.7. The van der Waals surface area contributed by atoms with E-state index in [1.807, 2.05) is 30.3 Å². The minimum absolute atomic E-state index is 0.103. The molecule has 1 unspecified atom stereocenters. The zero-order valence-electron chi connectivity index (χ0n) is 16.8. The van der Waals surface area contributed by atoms with Gasteiger partial charge in [0.1, 0.15) is 13.2 Å². The molecule has 2 aromatic carbocycles. The van der Waals surface area contributed by atoms with E-state index >= 15 is 0 Å². The first kappa shape index (κ1) is 24.3. The van der Waals surface area contributed by atoms with Crippen LogP contribution < -0.4 is 5.32 Å². The van der Waals surface area contributed by atoms with Crippen LogP contribution in [0.25, 0.3) is 0 Å². The highest BCUT2D eigenvalue weighted by Gasteiger charge is 2.23. The average Bonchev–Trinajstić information content (AvgIpc) is 3.23. The zero-order valence-corrected chi connectivity index (χ0v) is 19.9. The van der Waals surface area contributed by atoms with Gasteiger partial charge in [0.2, 0.25) is 5.16 Å². The highest BCUT2D eigenvalue weighted by molar-refractivity contribution is 7.99. The first-order valence-corrected chi connectivity index (χ1v) is 11.4. The van der Waals surface area contributed by atoms with Gasteiger partial charge < -0.3 is 10.1 Å². The number of aromatic nitrogens is 4. The van der Waals surface area contributed by atoms with Gasteiger partial charge in [-0.25, -0.2) is 9.48 Å². The van der Waals surface area contributed by atoms with Crippen molar-refractivity contribution < 1.29 is 14.3 Å². The van der Waals surface area contributed by atoms with Crippen LogP contribution in [0.4, 0.5) is 4.79 Å². The number of carbonyl (C=O) groups is 2. The van der Waals surface area contributed by atoms with Gasteiger partial charge in [-0.15, -0.1) is 5.10 Å². The maximum absolute atomic E-state index is 12.8. The summed E-state index contributed by atoms with van der Waals surface area (Å²) in [4.78, 5) is 25.4. The zero-order chi connectivity index (χ0) is 23.1. The average molecular weight is 515 g/mol. The van der Waals surface area contributed by atoms with Crippen molar-refractivity contribution >= 4 is 58.4 Å². The Balaban J connectivity index is 1.62. The van der Waals surface area contributed by atoms with Crippen molar-refractivity contribution in [3.05, 3.63) is 63.1 Å². The first-order valence-electron chi connectivity index (χ1n) is 9.46. The van der Waals surface area contributed by atoms with Crippen molar-refractivity contribution in [3.8, 4) is 0 Å². The number of carbonyl (C=O) groups excluding carboxylic acids is 2. The third-order valence-electron chi connectivity index (χ3n) is 4.30. The van der Waals surface area contributed by atoms with E-state index in [0.717, 1.165) is 17.3 Å². The number of tetrazole rings is 1. The quantitative estimate of drug-likeness (QED) is 0.398. The molecule has 1 amide bonds. The smallest absolute Gasteiger partial charge is 0.408 e. The van der Waals surface area contributed by atoms with Crippen molar-refractivity contribution in [2.75, 3.05) is 0 Å². The van der Waals surface area contributed by atoms with Crippen LogP contribution in [0, 0.1) is 0 Å². The van der Waals surface area contributed by atoms with Gasteiger partial charge in [0.25, 0.3) is 0 Å². The number of amides is 1. The summed E-state index contributed by atoms with van der Waals surface area (Å²) in [6.07, 6.45) is -0.312. The van der Waals surface area contributed by atoms with E-state index in [0.29, 0.717) is 26.5 Å². The maximum Gasteiger partial charge on any atom is 0.408 e. The van der Waals surface area contributed by atoms with Crippen LogP contribution in [0.3, 0.4) is 0 Å². The number of nitrogens with zero attached hydrogens (tertiary/aromatic N) is 4. The highest BCUT2D eigenvalue weighted by atomic mass is 35.5. The Labute approximate surface area is 203 Å². The molecule has 0 saturated heterocycles. The third-order valence-corrected chi connectivity index (χ3v) is 6.75. The summed E-state index contributed by atoms with van der Waals surface area (Å²) in [6.45, 7) is 1.72. The summed E-state index contributed by atoms with van der Waals surface area (Å²) in [5.74, 6) is -0.290. The van der Waals surface area contributed by atoms with E-state index in [4.69, 9.17) is 39.5 Å². The number of ketones is 1. The number of benzene rings is 2. The molecule has 0 aliphatic heterocycles. The molecule has 1 atom stereocenters. The van der Waals surface area contributed by atoms with Crippen molar-refractivity contribution in [2.24, 2.45) is 0 Å². The number of nitrogens with one attached hydrogen (secondary N) is 1. The molecular weight excluding hydrogens is 497 g/mol. The summed E-state index contributed by atoms with van der Waals surface area (Å²) in [7, 11) is 0. The molecule has 0 spiro atoms. The molecule has 168 valence electrons. The second-order valence-electron chi connectivity index (χ2n) is 6.53. The van der Waals surface area contributed by atoms with E-state index in [2.05, 4.69) is 20.8 Å². The topological polar surface area (TPSA) is 99.0 Å². The molecule has 8 nitrogen and oxygen atoms in total. The van der Waals surface area contributed by atoms with Crippen molar-refractivity contribution in [1.29, 1.82) is 0 Å². The molecule has 0 radical (unpaired) electrons. The minimum atomic E-state index is -0.765. The van der Waals surface area contributed by atoms with Crippen molar-refractivity contribution in [3.63, 3.8) is 0 Å². The number of rotatable bonds is 9. The second-order valence-corrected chi connectivity index (χ2v) is 8.70. The SMILES string of the molecule is CCC(NC(=O)OCc1ccccc1)C(=O)Cn1nnnc1Sc1c(Cl)ccc(Cl)c1Cl. The van der Waals surface area contributed by atoms with E-state index in [9.17, 15) is 9.59 Å². The number of alkyl carbamates (subject to hydrolysis) is 1. The third kappa shape index (κ3) is 6.35. The van der Waals surface area contributed by atoms with Crippen LogP contribution >= 0.6 is 46.6 Å². The van der Waals surface area contributed by atoms with Gasteiger partial charge in [0.05, 0.1) is 26.0 Å². The van der Waals surface area contributed by atoms with Gasteiger partial charge >= 0.3 is 6.09 Å². The van der Waals surface area contributed by atoms with Crippen LogP contribution in [0.15, 0.2) is 52.5 Å². The van der Waals surface area contributed by atoms with E-state index in [-0.39, 0.29) is 24.0 Å². The van der Waals surface area contributed by atoms with Crippen LogP contribution in [-0.2, 0) is 22.7 Å². The Bertz CT molecular complexity index is 1100. The molecule has 0 saturated carbocycles. The number of ether oxygens (including phenoxy) is 1. The molecule has 0 bridgehead atoms. The Morgan fingerprint density at radius 1 is 1.12 bits per heavy atom. The molecule has 0 aliphatic carbocycles. The van der Waals surface area contributed by atoms with Crippen LogP contribution in [0.2, 0.25) is 15.1 Å². The molecule has 3 rings (SSSR count). The normalized spacial score (nSPS) is 11.8. The standard InChI is InChI=1S/C20H18Cl3N5O3S/c1-2-15(24-20(30)31-11-12-6-4-3-5-7-12)16(29)10-28-19(25-26-27-28)32-18-14(22)9-8-13(21)17(18)23/h3-9,15H,2,10-11H2,1H3,(H,24,30). The Morgan fingerprint density at radius 2 is 1.84 bits per heavy atom. The lowest BCUT2D eigenvalue weighted by molar-refractivity contribution is -0.122. The van der Waals surface area contributed by atoms with Gasteiger partial charge in [-0.2, -0.15) is 0 Å². The fourth-order valence-electron chi connectivity index (χ4n) is 2.64. The summed E-state index contributed by atoms with van der Waals surface area (Å²) >= 11 is 19.6. The lowest BCUT2D eigenvalue weighted by Crippen LogP contribution is -2.42. The fourth-order valence-corrected chi connectivity index (χ4v) is 4.28. The number of hydrogen-bond acceptors (Lipinski definition) is 7. The predicted octanol–water partition coefficient (Wildman–Crippen LogP) is 5.06. The van der Waals surface area contributed by atoms with Gasteiger partial charge in [-0.3, -0.25) is 4.79 Å². The molecular formula is C20H18Cl3N5O3S. The fraction of sp³-hybridized carbons (Fsp3) is 0.250. The van der Waals surface area contributed by atoms with Crippen molar-refractivity contribution in [2.45, 2.75) is 42.6 Å². The largest absolute Gasteiger partial charge is 0.445 e. The van der Waals surface area contributed by atoms with Crippen molar-refractivity contribution in [1.82, 2.24) is 25.5 Å². The van der Waals surface area contributed by atoms with Crippen LogP contribution in [0.1, 0.15) is 18.9 Å². The molecule has 3 aromatic rings. The summed E-state index contributed by atoms with van der Waals surface area (Å²) in [5.41, 5.74) is 0.843. The van der Waals surface area contributed by atoms with Crippen LogP contribution in [0.5, 0.6) is 0 Å². The lowest BCUT2D eigenvalue weighted by atomic mass is 10.1. The molecule has 0 aliphatic rings. The molecule has 0 fully saturated rings. The van der Waals surface area contributed by atoms with Crippen LogP contribution in [-0.4, -0.2) is 38.1 Å². The van der Waals surface area contributed by atoms with E-state index in [1.54, 1.807) is 19.1 Å². The van der Waals surface area contributed by atoms with Gasteiger partial charge in [-0.1, -0.05) is 72.1 Å². The van der Waals surface area contributed by atoms with Gasteiger partial charge in [-0.05, 0) is 46.3 Å². The van der Waals surface area contributed by atoms with E-state index < -0.39 is 12.1 Å². The molecule has 32 heavy (non-hydrogen) atoms.